The van der Waals surface area contributed by atoms with Gasteiger partial charge in [0.25, 0.3) is 0 Å². The van der Waals surface area contributed by atoms with Crippen LogP contribution in [0, 0.1) is 11.3 Å². The van der Waals surface area contributed by atoms with E-state index in [0.29, 0.717) is 6.42 Å². The first-order chi connectivity index (χ1) is 9.76. The van der Waals surface area contributed by atoms with Crippen LogP contribution in [0.3, 0.4) is 0 Å². The fourth-order valence-electron chi connectivity index (χ4n) is 2.09. The van der Waals surface area contributed by atoms with Gasteiger partial charge in [-0.3, -0.25) is 0 Å². The Labute approximate surface area is 119 Å². The van der Waals surface area contributed by atoms with Crippen LogP contribution in [-0.2, 0) is 6.42 Å². The van der Waals surface area contributed by atoms with E-state index in [4.69, 9.17) is 9.47 Å². The van der Waals surface area contributed by atoms with Gasteiger partial charge >= 0.3 is 0 Å². The molecule has 3 nitrogen and oxygen atoms in total. The van der Waals surface area contributed by atoms with Gasteiger partial charge in [0.15, 0.2) is 0 Å². The van der Waals surface area contributed by atoms with Gasteiger partial charge in [-0.15, -0.1) is 0 Å². The van der Waals surface area contributed by atoms with E-state index >= 15 is 0 Å². The molecule has 0 aliphatic carbocycles. The zero-order valence-corrected chi connectivity index (χ0v) is 11.7. The lowest BCUT2D eigenvalue weighted by atomic mass is 9.93. The molecule has 3 heteroatoms. The van der Waals surface area contributed by atoms with Gasteiger partial charge in [-0.05, 0) is 41.8 Å². The molecule has 0 radical (unpaired) electrons. The quantitative estimate of drug-likeness (QED) is 0.832. The average molecular weight is 267 g/mol. The van der Waals surface area contributed by atoms with E-state index in [0.717, 1.165) is 22.6 Å². The lowest BCUT2D eigenvalue weighted by Crippen LogP contribution is -2.01. The summed E-state index contributed by atoms with van der Waals surface area (Å²) in [5.74, 6) is 1.42. The van der Waals surface area contributed by atoms with Crippen LogP contribution < -0.4 is 9.47 Å². The monoisotopic (exact) mass is 267 g/mol. The maximum atomic E-state index is 9.39. The second kappa shape index (κ2) is 6.63. The highest BCUT2D eigenvalue weighted by Crippen LogP contribution is 2.24. The molecule has 2 aromatic carbocycles. The standard InChI is InChI=1S/C17H17NO2/c1-19-16-8-6-13(7-9-16)10-15(12-18)14-4-3-5-17(11-14)20-2/h3-9,11,15H,10H2,1-2H3/t15-/m1/s1. The van der Waals surface area contributed by atoms with Crippen molar-refractivity contribution in [2.24, 2.45) is 0 Å². The Balaban J connectivity index is 2.17. The molecule has 0 unspecified atom stereocenters. The van der Waals surface area contributed by atoms with E-state index in [1.54, 1.807) is 14.2 Å². The smallest absolute Gasteiger partial charge is 0.119 e. The zero-order valence-electron chi connectivity index (χ0n) is 11.7. The van der Waals surface area contributed by atoms with E-state index < -0.39 is 0 Å². The molecule has 0 heterocycles. The molecule has 1 atom stereocenters. The van der Waals surface area contributed by atoms with Crippen molar-refractivity contribution in [3.05, 3.63) is 59.7 Å². The molecule has 2 rings (SSSR count). The Morgan fingerprint density at radius 1 is 1.00 bits per heavy atom. The summed E-state index contributed by atoms with van der Waals surface area (Å²) in [6.45, 7) is 0. The molecule has 102 valence electrons. The molecule has 20 heavy (non-hydrogen) atoms. The lowest BCUT2D eigenvalue weighted by Gasteiger charge is -2.11. The molecule has 0 amide bonds. The van der Waals surface area contributed by atoms with Crippen LogP contribution in [0.1, 0.15) is 17.0 Å². The highest BCUT2D eigenvalue weighted by molar-refractivity contribution is 5.36. The number of nitrogens with zero attached hydrogens (tertiary/aromatic N) is 1. The highest BCUT2D eigenvalue weighted by atomic mass is 16.5. The van der Waals surface area contributed by atoms with Gasteiger partial charge in [0.05, 0.1) is 26.2 Å². The molecule has 0 N–H and O–H groups in total. The van der Waals surface area contributed by atoms with E-state index in [-0.39, 0.29) is 5.92 Å². The summed E-state index contributed by atoms with van der Waals surface area (Å²) in [6.07, 6.45) is 0.674. The summed E-state index contributed by atoms with van der Waals surface area (Å²) in [7, 11) is 3.27. The molecule has 2 aromatic rings. The summed E-state index contributed by atoms with van der Waals surface area (Å²) in [6, 6.07) is 17.8. The van der Waals surface area contributed by atoms with E-state index in [2.05, 4.69) is 6.07 Å². The summed E-state index contributed by atoms with van der Waals surface area (Å²) in [4.78, 5) is 0. The maximum absolute atomic E-state index is 9.39. The Morgan fingerprint density at radius 3 is 2.30 bits per heavy atom. The summed E-state index contributed by atoms with van der Waals surface area (Å²) in [5, 5.41) is 9.39. The van der Waals surface area contributed by atoms with Crippen LogP contribution in [-0.4, -0.2) is 14.2 Å². The van der Waals surface area contributed by atoms with Crippen molar-refractivity contribution in [3.63, 3.8) is 0 Å². The van der Waals surface area contributed by atoms with Crippen LogP contribution in [0.4, 0.5) is 0 Å². The lowest BCUT2D eigenvalue weighted by molar-refractivity contribution is 0.414. The van der Waals surface area contributed by atoms with Crippen LogP contribution in [0.25, 0.3) is 0 Å². The number of methoxy groups -OCH3 is 2. The first-order valence-electron chi connectivity index (χ1n) is 6.43. The fourth-order valence-corrected chi connectivity index (χ4v) is 2.09. The fraction of sp³-hybridized carbons (Fsp3) is 0.235. The largest absolute Gasteiger partial charge is 0.497 e. The number of benzene rings is 2. The third-order valence-corrected chi connectivity index (χ3v) is 3.25. The van der Waals surface area contributed by atoms with Gasteiger partial charge in [-0.1, -0.05) is 24.3 Å². The number of hydrogen-bond acceptors (Lipinski definition) is 3. The van der Waals surface area contributed by atoms with Gasteiger partial charge in [0.1, 0.15) is 11.5 Å². The van der Waals surface area contributed by atoms with Crippen molar-refractivity contribution in [1.29, 1.82) is 5.26 Å². The van der Waals surface area contributed by atoms with Gasteiger partial charge in [0, 0.05) is 0 Å². The van der Waals surface area contributed by atoms with E-state index in [1.807, 2.05) is 48.5 Å². The Morgan fingerprint density at radius 2 is 1.70 bits per heavy atom. The Hall–Kier alpha value is -2.47. The highest BCUT2D eigenvalue weighted by Gasteiger charge is 2.12. The second-order valence-corrected chi connectivity index (χ2v) is 4.51. The topological polar surface area (TPSA) is 42.2 Å². The third kappa shape index (κ3) is 3.30. The third-order valence-electron chi connectivity index (χ3n) is 3.25. The molecule has 0 fully saturated rings. The minimum Gasteiger partial charge on any atom is -0.497 e. The minimum atomic E-state index is -0.182. The maximum Gasteiger partial charge on any atom is 0.119 e. The second-order valence-electron chi connectivity index (χ2n) is 4.51. The molecule has 0 bridgehead atoms. The molecule has 0 aromatic heterocycles. The summed E-state index contributed by atoms with van der Waals surface area (Å²) >= 11 is 0. The zero-order chi connectivity index (χ0) is 14.4. The molecule has 0 aliphatic rings. The Kier molecular flexibility index (Phi) is 4.62. The van der Waals surface area contributed by atoms with Crippen molar-refractivity contribution < 1.29 is 9.47 Å². The summed E-state index contributed by atoms with van der Waals surface area (Å²) < 4.78 is 10.3. The number of rotatable bonds is 5. The van der Waals surface area contributed by atoms with Crippen LogP contribution in [0.2, 0.25) is 0 Å². The first kappa shape index (κ1) is 14.0. The predicted molar refractivity (Wildman–Crippen MR) is 78.0 cm³/mol. The normalized spacial score (nSPS) is 11.4. The van der Waals surface area contributed by atoms with Gasteiger partial charge in [-0.25, -0.2) is 0 Å². The Bertz CT molecular complexity index is 599. The van der Waals surface area contributed by atoms with Crippen LogP contribution in [0.5, 0.6) is 11.5 Å². The molecule has 0 saturated heterocycles. The predicted octanol–water partition coefficient (Wildman–Crippen LogP) is 3.55. The first-order valence-corrected chi connectivity index (χ1v) is 6.43. The van der Waals surface area contributed by atoms with Crippen molar-refractivity contribution in [3.8, 4) is 17.6 Å². The molecule has 0 aliphatic heterocycles. The average Bonchev–Trinajstić information content (AvgIpc) is 2.53. The minimum absolute atomic E-state index is 0.182. The number of nitriles is 1. The summed E-state index contributed by atoms with van der Waals surface area (Å²) in [5.41, 5.74) is 2.09. The van der Waals surface area contributed by atoms with Crippen molar-refractivity contribution in [1.82, 2.24) is 0 Å². The van der Waals surface area contributed by atoms with Gasteiger partial charge < -0.3 is 9.47 Å². The van der Waals surface area contributed by atoms with Crippen molar-refractivity contribution in [2.75, 3.05) is 14.2 Å². The number of hydrogen-bond donors (Lipinski definition) is 0. The van der Waals surface area contributed by atoms with Crippen molar-refractivity contribution in [2.45, 2.75) is 12.3 Å². The SMILES string of the molecule is COc1ccc(C[C@H](C#N)c2cccc(OC)c2)cc1. The molecule has 0 spiro atoms. The van der Waals surface area contributed by atoms with Gasteiger partial charge in [-0.2, -0.15) is 5.26 Å². The van der Waals surface area contributed by atoms with E-state index in [1.165, 1.54) is 0 Å². The van der Waals surface area contributed by atoms with Crippen molar-refractivity contribution >= 4 is 0 Å². The van der Waals surface area contributed by atoms with Crippen LogP contribution >= 0.6 is 0 Å². The molecular weight excluding hydrogens is 250 g/mol. The molecule has 0 saturated carbocycles. The number of ether oxygens (including phenoxy) is 2. The van der Waals surface area contributed by atoms with Crippen LogP contribution in [0.15, 0.2) is 48.5 Å². The molecular formula is C17H17NO2. The van der Waals surface area contributed by atoms with Gasteiger partial charge in [0.2, 0.25) is 0 Å². The van der Waals surface area contributed by atoms with E-state index in [9.17, 15) is 5.26 Å².